The molecule has 2 saturated heterocycles. The Labute approximate surface area is 252 Å². The lowest BCUT2D eigenvalue weighted by Gasteiger charge is -2.39. The molecule has 3 aromatic rings. The molecule has 2 aliphatic rings. The first-order chi connectivity index (χ1) is 21.4. The standard InChI is InChI=1S/C28H32O17/c1-40-13-4-9(2-3-12(13)42-27-23(38)21(36)18(33)15(7-29)43-27)25-26(20(35)17-11(32)5-10(31)6-14(17)41-25)45-28-24(39)22(37)19(34)16(8-30)44-28/h2-6,15-16,18-19,21-24,27-34,36-39H,7-8H2,1H3/t15-,16-,18+,19+,21+,22+,23-,24+,27+,28+/m0/s1. The third-order valence-corrected chi connectivity index (χ3v) is 7.52. The molecule has 17 heteroatoms. The van der Waals surface area contributed by atoms with E-state index in [4.69, 9.17) is 28.1 Å². The van der Waals surface area contributed by atoms with Gasteiger partial charge in [0.15, 0.2) is 17.3 Å². The van der Waals surface area contributed by atoms with Crippen molar-refractivity contribution in [3.8, 4) is 40.1 Å². The number of benzene rings is 2. The summed E-state index contributed by atoms with van der Waals surface area (Å²) in [6.07, 6.45) is -16.6. The molecule has 10 N–H and O–H groups in total. The molecule has 0 saturated carbocycles. The molecule has 10 atom stereocenters. The van der Waals surface area contributed by atoms with Gasteiger partial charge in [-0.25, -0.2) is 0 Å². The number of phenolic OH excluding ortho intramolecular Hbond substituents is 2. The van der Waals surface area contributed by atoms with E-state index >= 15 is 0 Å². The van der Waals surface area contributed by atoms with Gasteiger partial charge < -0.3 is 79.2 Å². The smallest absolute Gasteiger partial charge is 0.239 e. The second-order valence-corrected chi connectivity index (χ2v) is 10.4. The zero-order valence-corrected chi connectivity index (χ0v) is 23.4. The Balaban J connectivity index is 1.58. The monoisotopic (exact) mass is 640 g/mol. The summed E-state index contributed by atoms with van der Waals surface area (Å²) >= 11 is 0. The van der Waals surface area contributed by atoms with Crippen LogP contribution < -0.4 is 19.6 Å². The number of aliphatic hydroxyl groups is 8. The summed E-state index contributed by atoms with van der Waals surface area (Å²) in [6, 6.07) is 5.83. The van der Waals surface area contributed by atoms with Crippen LogP contribution in [0.5, 0.6) is 28.7 Å². The Hall–Kier alpha value is -3.75. The van der Waals surface area contributed by atoms with Gasteiger partial charge in [-0.3, -0.25) is 4.79 Å². The normalized spacial score (nSPS) is 31.9. The maximum absolute atomic E-state index is 13.7. The van der Waals surface area contributed by atoms with Gasteiger partial charge in [-0.05, 0) is 18.2 Å². The van der Waals surface area contributed by atoms with Gasteiger partial charge in [-0.15, -0.1) is 0 Å². The third kappa shape index (κ3) is 5.98. The second kappa shape index (κ2) is 12.9. The van der Waals surface area contributed by atoms with E-state index in [1.165, 1.54) is 25.3 Å². The zero-order valence-electron chi connectivity index (χ0n) is 23.4. The molecule has 2 aliphatic heterocycles. The first kappa shape index (κ1) is 32.6. The molecule has 2 fully saturated rings. The number of rotatable bonds is 8. The number of aliphatic hydroxyl groups excluding tert-OH is 8. The third-order valence-electron chi connectivity index (χ3n) is 7.52. The van der Waals surface area contributed by atoms with Gasteiger partial charge in [0.2, 0.25) is 23.8 Å². The Bertz CT molecular complexity index is 1570. The average Bonchev–Trinajstić information content (AvgIpc) is 3.02. The molecule has 0 spiro atoms. The number of hydrogen-bond donors (Lipinski definition) is 10. The summed E-state index contributed by atoms with van der Waals surface area (Å²) in [5.74, 6) is -2.25. The molecule has 2 aromatic carbocycles. The predicted octanol–water partition coefficient (Wildman–Crippen LogP) is -2.76. The largest absolute Gasteiger partial charge is 0.508 e. The molecule has 5 rings (SSSR count). The molecule has 1 aromatic heterocycles. The lowest BCUT2D eigenvalue weighted by Crippen LogP contribution is -2.60. The molecular weight excluding hydrogens is 608 g/mol. The van der Waals surface area contributed by atoms with Gasteiger partial charge in [-0.1, -0.05) is 0 Å². The number of ether oxygens (including phenoxy) is 5. The van der Waals surface area contributed by atoms with Gasteiger partial charge in [0, 0.05) is 17.7 Å². The Morgan fingerprint density at radius 2 is 1.31 bits per heavy atom. The number of methoxy groups -OCH3 is 1. The van der Waals surface area contributed by atoms with Crippen LogP contribution in [-0.4, -0.2) is 133 Å². The summed E-state index contributed by atoms with van der Waals surface area (Å²) in [4.78, 5) is 13.7. The van der Waals surface area contributed by atoms with Crippen molar-refractivity contribution in [2.75, 3.05) is 20.3 Å². The number of aromatic hydroxyl groups is 2. The van der Waals surface area contributed by atoms with Crippen LogP contribution in [0.3, 0.4) is 0 Å². The average molecular weight is 641 g/mol. The maximum Gasteiger partial charge on any atom is 0.239 e. The van der Waals surface area contributed by atoms with Gasteiger partial charge in [-0.2, -0.15) is 0 Å². The highest BCUT2D eigenvalue weighted by Crippen LogP contribution is 2.40. The summed E-state index contributed by atoms with van der Waals surface area (Å²) in [6.45, 7) is -1.47. The van der Waals surface area contributed by atoms with E-state index in [1.54, 1.807) is 0 Å². The van der Waals surface area contributed by atoms with Gasteiger partial charge in [0.1, 0.15) is 71.3 Å². The first-order valence-corrected chi connectivity index (χ1v) is 13.6. The van der Waals surface area contributed by atoms with Crippen molar-refractivity contribution < 1.29 is 79.2 Å². The van der Waals surface area contributed by atoms with Crippen molar-refractivity contribution in [1.29, 1.82) is 0 Å². The highest BCUT2D eigenvalue weighted by atomic mass is 16.7. The van der Waals surface area contributed by atoms with Crippen LogP contribution in [0.15, 0.2) is 39.5 Å². The first-order valence-electron chi connectivity index (χ1n) is 13.6. The minimum Gasteiger partial charge on any atom is -0.508 e. The molecule has 0 unspecified atom stereocenters. The molecule has 0 radical (unpaired) electrons. The maximum atomic E-state index is 13.7. The van der Waals surface area contributed by atoms with Crippen molar-refractivity contribution in [2.45, 2.75) is 61.4 Å². The second-order valence-electron chi connectivity index (χ2n) is 10.4. The summed E-state index contributed by atoms with van der Waals surface area (Å²) in [5, 5.41) is 100. The predicted molar refractivity (Wildman–Crippen MR) is 147 cm³/mol. The highest BCUT2D eigenvalue weighted by Gasteiger charge is 2.46. The lowest BCUT2D eigenvalue weighted by molar-refractivity contribution is -0.277. The molecule has 0 bridgehead atoms. The fourth-order valence-corrected chi connectivity index (χ4v) is 5.04. The van der Waals surface area contributed by atoms with Crippen LogP contribution >= 0.6 is 0 Å². The van der Waals surface area contributed by atoms with Crippen LogP contribution in [-0.2, 0) is 9.47 Å². The van der Waals surface area contributed by atoms with Gasteiger partial charge >= 0.3 is 0 Å². The zero-order chi connectivity index (χ0) is 32.7. The van der Waals surface area contributed by atoms with E-state index in [1.807, 2.05) is 0 Å². The van der Waals surface area contributed by atoms with Crippen LogP contribution in [0.25, 0.3) is 22.3 Å². The Morgan fingerprint density at radius 1 is 0.733 bits per heavy atom. The van der Waals surface area contributed by atoms with Gasteiger partial charge in [0.05, 0.1) is 20.3 Å². The van der Waals surface area contributed by atoms with Crippen LogP contribution in [0, 0.1) is 0 Å². The van der Waals surface area contributed by atoms with E-state index in [0.29, 0.717) is 0 Å². The highest BCUT2D eigenvalue weighted by molar-refractivity contribution is 5.88. The molecule has 3 heterocycles. The number of hydrogen-bond acceptors (Lipinski definition) is 17. The van der Waals surface area contributed by atoms with Crippen LogP contribution in [0.2, 0.25) is 0 Å². The van der Waals surface area contributed by atoms with Crippen molar-refractivity contribution >= 4 is 11.0 Å². The molecule has 0 amide bonds. The van der Waals surface area contributed by atoms with E-state index in [-0.39, 0.29) is 28.4 Å². The van der Waals surface area contributed by atoms with Crippen molar-refractivity contribution in [3.63, 3.8) is 0 Å². The topological polar surface area (TPSA) is 279 Å². The molecule has 246 valence electrons. The fraction of sp³-hybridized carbons (Fsp3) is 0.464. The molecule has 0 aliphatic carbocycles. The SMILES string of the molecule is COc1cc(-c2oc3cc(O)cc(O)c3c(=O)c2O[C@H]2O[C@@H](CO)[C@@H](O)[C@@H](O)[C@H]2O)ccc1O[C@@H]1O[C@@H](CO)[C@@H](O)[C@@H](O)[C@@H]1O. The fourth-order valence-electron chi connectivity index (χ4n) is 5.04. The van der Waals surface area contributed by atoms with E-state index in [2.05, 4.69) is 0 Å². The molecule has 17 nitrogen and oxygen atoms in total. The van der Waals surface area contributed by atoms with Crippen molar-refractivity contribution in [3.05, 3.63) is 40.6 Å². The Morgan fingerprint density at radius 3 is 1.87 bits per heavy atom. The van der Waals surface area contributed by atoms with Crippen LogP contribution in [0.1, 0.15) is 0 Å². The summed E-state index contributed by atoms with van der Waals surface area (Å²) in [5.41, 5.74) is -1.23. The number of fused-ring (bicyclic) bond motifs is 1. The minimum absolute atomic E-state index is 0.0504. The number of phenols is 2. The van der Waals surface area contributed by atoms with Crippen molar-refractivity contribution in [1.82, 2.24) is 0 Å². The van der Waals surface area contributed by atoms with E-state index in [0.717, 1.165) is 12.1 Å². The van der Waals surface area contributed by atoms with Crippen LogP contribution in [0.4, 0.5) is 0 Å². The van der Waals surface area contributed by atoms with E-state index < -0.39 is 103 Å². The van der Waals surface area contributed by atoms with E-state index in [9.17, 15) is 55.9 Å². The quantitative estimate of drug-likeness (QED) is 0.119. The summed E-state index contributed by atoms with van der Waals surface area (Å²) < 4.78 is 33.4. The van der Waals surface area contributed by atoms with Gasteiger partial charge in [0.25, 0.3) is 0 Å². The Kier molecular flexibility index (Phi) is 9.38. The minimum atomic E-state index is -1.91. The molecule has 45 heavy (non-hydrogen) atoms. The lowest BCUT2D eigenvalue weighted by atomic mass is 9.99. The molecular formula is C28H32O17. The summed E-state index contributed by atoms with van der Waals surface area (Å²) in [7, 11) is 1.25. The van der Waals surface area contributed by atoms with Crippen molar-refractivity contribution in [2.24, 2.45) is 0 Å².